The molecule has 1 aromatic carbocycles. The van der Waals surface area contributed by atoms with Crippen LogP contribution in [0.15, 0.2) is 30.5 Å². The summed E-state index contributed by atoms with van der Waals surface area (Å²) >= 11 is 0. The SMILES string of the molecule is NC(=O)c1cnc(C2CCc3ccccc32)nc1N. The maximum absolute atomic E-state index is 11.1. The number of carbonyl (C=O) groups excluding carboxylic acids is 1. The van der Waals surface area contributed by atoms with E-state index in [0.29, 0.717) is 5.82 Å². The summed E-state index contributed by atoms with van der Waals surface area (Å²) in [5.41, 5.74) is 13.7. The van der Waals surface area contributed by atoms with Gasteiger partial charge in [0.2, 0.25) is 0 Å². The van der Waals surface area contributed by atoms with Gasteiger partial charge in [-0.25, -0.2) is 9.97 Å². The van der Waals surface area contributed by atoms with E-state index in [2.05, 4.69) is 22.1 Å². The Balaban J connectivity index is 2.01. The number of benzene rings is 1. The average molecular weight is 254 g/mol. The summed E-state index contributed by atoms with van der Waals surface area (Å²) < 4.78 is 0. The third-order valence-electron chi connectivity index (χ3n) is 3.55. The second-order valence-electron chi connectivity index (χ2n) is 4.68. The zero-order valence-corrected chi connectivity index (χ0v) is 10.3. The van der Waals surface area contributed by atoms with Crippen LogP contribution < -0.4 is 11.5 Å². The number of nitrogens with zero attached hydrogens (tertiary/aromatic N) is 2. The Bertz CT molecular complexity index is 654. The molecule has 0 saturated carbocycles. The van der Waals surface area contributed by atoms with E-state index >= 15 is 0 Å². The molecule has 1 aliphatic carbocycles. The highest BCUT2D eigenvalue weighted by molar-refractivity contribution is 5.96. The predicted molar refractivity (Wildman–Crippen MR) is 71.6 cm³/mol. The number of nitrogen functional groups attached to an aromatic ring is 1. The van der Waals surface area contributed by atoms with Gasteiger partial charge < -0.3 is 11.5 Å². The van der Waals surface area contributed by atoms with E-state index in [9.17, 15) is 4.79 Å². The van der Waals surface area contributed by atoms with E-state index in [-0.39, 0.29) is 17.3 Å². The van der Waals surface area contributed by atoms with E-state index in [1.54, 1.807) is 0 Å². The zero-order valence-electron chi connectivity index (χ0n) is 10.3. The highest BCUT2D eigenvalue weighted by atomic mass is 16.1. The maximum Gasteiger partial charge on any atom is 0.254 e. The Morgan fingerprint density at radius 3 is 2.84 bits per heavy atom. The molecule has 19 heavy (non-hydrogen) atoms. The van der Waals surface area contributed by atoms with Crippen molar-refractivity contribution >= 4 is 11.7 Å². The van der Waals surface area contributed by atoms with Gasteiger partial charge in [-0.3, -0.25) is 4.79 Å². The Hall–Kier alpha value is -2.43. The third-order valence-corrected chi connectivity index (χ3v) is 3.55. The van der Waals surface area contributed by atoms with Crippen molar-refractivity contribution in [2.45, 2.75) is 18.8 Å². The third kappa shape index (κ3) is 1.93. The lowest BCUT2D eigenvalue weighted by molar-refractivity contribution is 0.100. The summed E-state index contributed by atoms with van der Waals surface area (Å²) in [4.78, 5) is 19.6. The first-order chi connectivity index (χ1) is 9.16. The molecule has 1 unspecified atom stereocenters. The fourth-order valence-electron chi connectivity index (χ4n) is 2.59. The Morgan fingerprint density at radius 1 is 1.32 bits per heavy atom. The monoisotopic (exact) mass is 254 g/mol. The molecular formula is C14H14N4O. The molecule has 2 aromatic rings. The first-order valence-corrected chi connectivity index (χ1v) is 6.17. The summed E-state index contributed by atoms with van der Waals surface area (Å²) in [7, 11) is 0. The Labute approximate surface area is 110 Å². The molecule has 4 N–H and O–H groups in total. The molecule has 0 fully saturated rings. The minimum atomic E-state index is -0.601. The normalized spacial score (nSPS) is 17.2. The minimum Gasteiger partial charge on any atom is -0.383 e. The van der Waals surface area contributed by atoms with Crippen LogP contribution in [-0.2, 0) is 6.42 Å². The van der Waals surface area contributed by atoms with Crippen LogP contribution in [-0.4, -0.2) is 15.9 Å². The molecule has 1 amide bonds. The molecule has 0 saturated heterocycles. The molecule has 0 bridgehead atoms. The predicted octanol–water partition coefficient (Wildman–Crippen LogP) is 1.24. The first-order valence-electron chi connectivity index (χ1n) is 6.17. The lowest BCUT2D eigenvalue weighted by Gasteiger charge is -2.11. The molecule has 5 nitrogen and oxygen atoms in total. The first kappa shape index (κ1) is 11.6. The number of amides is 1. The highest BCUT2D eigenvalue weighted by Gasteiger charge is 2.26. The zero-order chi connectivity index (χ0) is 13.4. The van der Waals surface area contributed by atoms with Gasteiger partial charge in [-0.1, -0.05) is 24.3 Å². The van der Waals surface area contributed by atoms with Crippen molar-refractivity contribution in [2.75, 3.05) is 5.73 Å². The number of rotatable bonds is 2. The van der Waals surface area contributed by atoms with Gasteiger partial charge in [0.1, 0.15) is 11.6 Å². The molecule has 1 aliphatic rings. The standard InChI is InChI=1S/C14H14N4O/c15-12-11(13(16)19)7-17-14(18-12)10-6-5-8-3-1-2-4-9(8)10/h1-4,7,10H,5-6H2,(H2,16,19)(H2,15,17,18). The topological polar surface area (TPSA) is 94.9 Å². The van der Waals surface area contributed by atoms with Gasteiger partial charge in [0.15, 0.2) is 0 Å². The number of aryl methyl sites for hydroxylation is 1. The Kier molecular flexibility index (Phi) is 2.67. The van der Waals surface area contributed by atoms with Crippen LogP contribution >= 0.6 is 0 Å². The van der Waals surface area contributed by atoms with Gasteiger partial charge >= 0.3 is 0 Å². The number of fused-ring (bicyclic) bond motifs is 1. The number of primary amides is 1. The number of anilines is 1. The molecule has 3 rings (SSSR count). The second-order valence-corrected chi connectivity index (χ2v) is 4.68. The number of hydrogen-bond donors (Lipinski definition) is 2. The van der Waals surface area contributed by atoms with E-state index < -0.39 is 5.91 Å². The smallest absolute Gasteiger partial charge is 0.254 e. The molecular weight excluding hydrogens is 240 g/mol. The van der Waals surface area contributed by atoms with Crippen molar-refractivity contribution < 1.29 is 4.79 Å². The van der Waals surface area contributed by atoms with Crippen LogP contribution in [0, 0.1) is 0 Å². The van der Waals surface area contributed by atoms with E-state index in [0.717, 1.165) is 12.8 Å². The van der Waals surface area contributed by atoms with Crippen LogP contribution in [0.5, 0.6) is 0 Å². The average Bonchev–Trinajstić information content (AvgIpc) is 2.82. The maximum atomic E-state index is 11.1. The minimum absolute atomic E-state index is 0.153. The van der Waals surface area contributed by atoms with Crippen molar-refractivity contribution in [3.05, 3.63) is 53.0 Å². The van der Waals surface area contributed by atoms with Crippen molar-refractivity contribution in [1.29, 1.82) is 0 Å². The summed E-state index contributed by atoms with van der Waals surface area (Å²) in [5, 5.41) is 0. The van der Waals surface area contributed by atoms with Crippen LogP contribution in [0.4, 0.5) is 5.82 Å². The summed E-state index contributed by atoms with van der Waals surface area (Å²) in [6.45, 7) is 0. The lowest BCUT2D eigenvalue weighted by Crippen LogP contribution is -2.16. The van der Waals surface area contributed by atoms with Crippen LogP contribution in [0.3, 0.4) is 0 Å². The number of carbonyl (C=O) groups is 1. The van der Waals surface area contributed by atoms with E-state index in [1.165, 1.54) is 17.3 Å². The van der Waals surface area contributed by atoms with Crippen molar-refractivity contribution in [2.24, 2.45) is 5.73 Å². The van der Waals surface area contributed by atoms with Crippen LogP contribution in [0.1, 0.15) is 39.6 Å². The van der Waals surface area contributed by atoms with Gasteiger partial charge in [0.05, 0.1) is 5.56 Å². The number of nitrogens with two attached hydrogens (primary N) is 2. The van der Waals surface area contributed by atoms with Crippen molar-refractivity contribution in [1.82, 2.24) is 9.97 Å². The molecule has 1 heterocycles. The Morgan fingerprint density at radius 2 is 2.11 bits per heavy atom. The fourth-order valence-corrected chi connectivity index (χ4v) is 2.59. The lowest BCUT2D eigenvalue weighted by atomic mass is 10.0. The molecule has 5 heteroatoms. The van der Waals surface area contributed by atoms with E-state index in [1.807, 2.05) is 12.1 Å². The molecule has 96 valence electrons. The van der Waals surface area contributed by atoms with Gasteiger partial charge in [-0.15, -0.1) is 0 Å². The molecule has 1 aromatic heterocycles. The van der Waals surface area contributed by atoms with Gasteiger partial charge in [-0.05, 0) is 24.0 Å². The molecule has 0 spiro atoms. The molecule has 0 radical (unpaired) electrons. The largest absolute Gasteiger partial charge is 0.383 e. The molecule has 0 aliphatic heterocycles. The van der Waals surface area contributed by atoms with Crippen molar-refractivity contribution in [3.63, 3.8) is 0 Å². The van der Waals surface area contributed by atoms with Crippen LogP contribution in [0.2, 0.25) is 0 Å². The second kappa shape index (κ2) is 4.35. The van der Waals surface area contributed by atoms with Gasteiger partial charge in [0, 0.05) is 12.1 Å². The number of aromatic nitrogens is 2. The van der Waals surface area contributed by atoms with Crippen LogP contribution in [0.25, 0.3) is 0 Å². The van der Waals surface area contributed by atoms with Crippen molar-refractivity contribution in [3.8, 4) is 0 Å². The summed E-state index contributed by atoms with van der Waals surface area (Å²) in [5.74, 6) is 0.366. The summed E-state index contributed by atoms with van der Waals surface area (Å²) in [6.07, 6.45) is 3.40. The quantitative estimate of drug-likeness (QED) is 0.842. The summed E-state index contributed by atoms with van der Waals surface area (Å²) in [6, 6.07) is 8.26. The fraction of sp³-hybridized carbons (Fsp3) is 0.214. The number of hydrogen-bond acceptors (Lipinski definition) is 4. The van der Waals surface area contributed by atoms with Gasteiger partial charge in [-0.2, -0.15) is 0 Å². The molecule has 1 atom stereocenters. The van der Waals surface area contributed by atoms with E-state index in [4.69, 9.17) is 11.5 Å². The highest BCUT2D eigenvalue weighted by Crippen LogP contribution is 2.36. The van der Waals surface area contributed by atoms with Gasteiger partial charge in [0.25, 0.3) is 5.91 Å².